The third kappa shape index (κ3) is 4.52. The molecule has 1 aromatic rings. The van der Waals surface area contributed by atoms with E-state index >= 15 is 0 Å². The fourth-order valence-electron chi connectivity index (χ4n) is 2.10. The number of ether oxygens (including phenoxy) is 2. The Kier molecular flexibility index (Phi) is 4.97. The van der Waals surface area contributed by atoms with Gasteiger partial charge in [-0.3, -0.25) is 4.79 Å². The van der Waals surface area contributed by atoms with Crippen LogP contribution in [-0.2, 0) is 30.0 Å². The lowest BCUT2D eigenvalue weighted by molar-refractivity contribution is -0.222. The summed E-state index contributed by atoms with van der Waals surface area (Å²) in [5.74, 6) is -4.02. The average Bonchev–Trinajstić information content (AvgIpc) is 2.44. The first-order chi connectivity index (χ1) is 11.9. The van der Waals surface area contributed by atoms with Crippen LogP contribution in [0.25, 0.3) is 0 Å². The number of halogens is 3. The molecule has 1 heterocycles. The van der Waals surface area contributed by atoms with Crippen LogP contribution in [0.15, 0.2) is 30.0 Å². The number of benzene rings is 1. The minimum Gasteiger partial charge on any atom is -0.419 e. The van der Waals surface area contributed by atoms with Crippen LogP contribution in [0.5, 0.6) is 0 Å². The van der Waals surface area contributed by atoms with E-state index in [9.17, 15) is 27.6 Å². The van der Waals surface area contributed by atoms with Crippen molar-refractivity contribution in [1.29, 1.82) is 0 Å². The molecule has 0 radical (unpaired) electrons. The van der Waals surface area contributed by atoms with Crippen LogP contribution in [0.1, 0.15) is 26.3 Å². The van der Waals surface area contributed by atoms with Crippen LogP contribution < -0.4 is 10.6 Å². The van der Waals surface area contributed by atoms with Crippen LogP contribution in [0.2, 0.25) is 0 Å². The lowest BCUT2D eigenvalue weighted by Crippen LogP contribution is -2.42. The summed E-state index contributed by atoms with van der Waals surface area (Å²) < 4.78 is 49.2. The van der Waals surface area contributed by atoms with Crippen molar-refractivity contribution >= 4 is 29.2 Å². The molecule has 1 aliphatic heterocycles. The number of nitrogens with one attached hydrogen (secondary N) is 2. The third-order valence-electron chi connectivity index (χ3n) is 3.14. The SMILES string of the molecule is CC(=O)Nc1ccc(NC=C2C(=O)OC(C)(C)OC2=O)cc1C(F)(F)F. The summed E-state index contributed by atoms with van der Waals surface area (Å²) >= 11 is 0. The molecule has 1 saturated heterocycles. The monoisotopic (exact) mass is 372 g/mol. The molecule has 1 aliphatic rings. The summed E-state index contributed by atoms with van der Waals surface area (Å²) in [7, 11) is 0. The van der Waals surface area contributed by atoms with Gasteiger partial charge in [-0.15, -0.1) is 0 Å². The van der Waals surface area contributed by atoms with Crippen molar-refractivity contribution in [2.75, 3.05) is 10.6 Å². The van der Waals surface area contributed by atoms with Gasteiger partial charge in [-0.05, 0) is 18.2 Å². The maximum absolute atomic E-state index is 13.1. The first-order valence-electron chi connectivity index (χ1n) is 7.31. The molecule has 140 valence electrons. The number of carbonyl (C=O) groups excluding carboxylic acids is 3. The van der Waals surface area contributed by atoms with E-state index in [1.165, 1.54) is 19.9 Å². The Morgan fingerprint density at radius 2 is 1.73 bits per heavy atom. The fourth-order valence-corrected chi connectivity index (χ4v) is 2.10. The van der Waals surface area contributed by atoms with Gasteiger partial charge in [-0.2, -0.15) is 13.2 Å². The number of amides is 1. The van der Waals surface area contributed by atoms with E-state index in [1.807, 2.05) is 0 Å². The number of hydrogen-bond donors (Lipinski definition) is 2. The van der Waals surface area contributed by atoms with Gasteiger partial charge >= 0.3 is 18.1 Å². The maximum Gasteiger partial charge on any atom is 0.418 e. The molecule has 0 saturated carbocycles. The second-order valence-electron chi connectivity index (χ2n) is 5.82. The molecule has 0 spiro atoms. The molecule has 1 aromatic carbocycles. The summed E-state index contributed by atoms with van der Waals surface area (Å²) in [4.78, 5) is 34.6. The van der Waals surface area contributed by atoms with Crippen LogP contribution >= 0.6 is 0 Å². The molecule has 2 N–H and O–H groups in total. The molecule has 0 bridgehead atoms. The van der Waals surface area contributed by atoms with Crippen molar-refractivity contribution < 1.29 is 37.0 Å². The number of alkyl halides is 3. The molecule has 10 heteroatoms. The molecule has 0 unspecified atom stereocenters. The quantitative estimate of drug-likeness (QED) is 0.481. The smallest absolute Gasteiger partial charge is 0.418 e. The van der Waals surface area contributed by atoms with Crippen molar-refractivity contribution in [3.05, 3.63) is 35.5 Å². The van der Waals surface area contributed by atoms with Gasteiger partial charge in [0, 0.05) is 32.7 Å². The van der Waals surface area contributed by atoms with Gasteiger partial charge in [0.1, 0.15) is 0 Å². The van der Waals surface area contributed by atoms with Crippen molar-refractivity contribution in [2.45, 2.75) is 32.7 Å². The zero-order valence-corrected chi connectivity index (χ0v) is 14.0. The van der Waals surface area contributed by atoms with E-state index in [4.69, 9.17) is 9.47 Å². The number of esters is 2. The van der Waals surface area contributed by atoms with Crippen molar-refractivity contribution in [2.24, 2.45) is 0 Å². The van der Waals surface area contributed by atoms with Gasteiger partial charge in [0.15, 0.2) is 5.57 Å². The Bertz CT molecular complexity index is 778. The Labute approximate surface area is 146 Å². The van der Waals surface area contributed by atoms with Gasteiger partial charge < -0.3 is 20.1 Å². The Hall–Kier alpha value is -3.04. The number of hydrogen-bond acceptors (Lipinski definition) is 6. The molecule has 1 fully saturated rings. The van der Waals surface area contributed by atoms with Crippen molar-refractivity contribution in [3.8, 4) is 0 Å². The summed E-state index contributed by atoms with van der Waals surface area (Å²) in [6.07, 6.45) is -3.83. The zero-order valence-electron chi connectivity index (χ0n) is 14.0. The number of cyclic esters (lactones) is 2. The summed E-state index contributed by atoms with van der Waals surface area (Å²) in [6, 6.07) is 3.01. The lowest BCUT2D eigenvalue weighted by Gasteiger charge is -2.29. The zero-order chi connectivity index (χ0) is 19.7. The normalized spacial score (nSPS) is 16.5. The highest BCUT2D eigenvalue weighted by Crippen LogP contribution is 2.36. The second kappa shape index (κ2) is 6.70. The predicted molar refractivity (Wildman–Crippen MR) is 83.7 cm³/mol. The van der Waals surface area contributed by atoms with Gasteiger partial charge in [-0.1, -0.05) is 0 Å². The first kappa shape index (κ1) is 19.3. The maximum atomic E-state index is 13.1. The first-order valence-corrected chi connectivity index (χ1v) is 7.31. The number of rotatable bonds is 3. The summed E-state index contributed by atoms with van der Waals surface area (Å²) in [6.45, 7) is 3.81. The van der Waals surface area contributed by atoms with E-state index < -0.39 is 46.6 Å². The molecule has 7 nitrogen and oxygen atoms in total. The van der Waals surface area contributed by atoms with E-state index in [0.29, 0.717) is 0 Å². The minimum atomic E-state index is -4.73. The van der Waals surface area contributed by atoms with Crippen LogP contribution in [0.4, 0.5) is 24.5 Å². The summed E-state index contributed by atoms with van der Waals surface area (Å²) in [5, 5.41) is 4.50. The van der Waals surface area contributed by atoms with Gasteiger partial charge in [0.2, 0.25) is 5.91 Å². The molecule has 0 atom stereocenters. The Morgan fingerprint density at radius 1 is 1.15 bits per heavy atom. The molecular formula is C16H15F3N2O5. The highest BCUT2D eigenvalue weighted by atomic mass is 19.4. The largest absolute Gasteiger partial charge is 0.419 e. The lowest BCUT2D eigenvalue weighted by atomic mass is 10.1. The third-order valence-corrected chi connectivity index (χ3v) is 3.14. The number of carbonyl (C=O) groups is 3. The molecule has 26 heavy (non-hydrogen) atoms. The summed E-state index contributed by atoms with van der Waals surface area (Å²) in [5.41, 5.74) is -2.07. The Morgan fingerprint density at radius 3 is 2.23 bits per heavy atom. The van der Waals surface area contributed by atoms with Crippen molar-refractivity contribution in [1.82, 2.24) is 0 Å². The highest BCUT2D eigenvalue weighted by molar-refractivity contribution is 6.15. The van der Waals surface area contributed by atoms with Crippen molar-refractivity contribution in [3.63, 3.8) is 0 Å². The minimum absolute atomic E-state index is 0.0654. The van der Waals surface area contributed by atoms with Crippen LogP contribution in [0, 0.1) is 0 Å². The van der Waals surface area contributed by atoms with Gasteiger partial charge in [0.05, 0.1) is 11.3 Å². The van der Waals surface area contributed by atoms with E-state index in [1.54, 1.807) is 0 Å². The number of anilines is 2. The molecule has 1 amide bonds. The van der Waals surface area contributed by atoms with Gasteiger partial charge in [-0.25, -0.2) is 9.59 Å². The van der Waals surface area contributed by atoms with Crippen LogP contribution in [0.3, 0.4) is 0 Å². The van der Waals surface area contributed by atoms with Gasteiger partial charge in [0.25, 0.3) is 5.79 Å². The van der Waals surface area contributed by atoms with Crippen LogP contribution in [-0.4, -0.2) is 23.6 Å². The predicted octanol–water partition coefficient (Wildman–Crippen LogP) is 2.80. The molecule has 2 rings (SSSR count). The molecule has 0 aliphatic carbocycles. The topological polar surface area (TPSA) is 93.7 Å². The highest BCUT2D eigenvalue weighted by Gasteiger charge is 2.39. The second-order valence-corrected chi connectivity index (χ2v) is 5.82. The average molecular weight is 372 g/mol. The molecular weight excluding hydrogens is 357 g/mol. The fraction of sp³-hybridized carbons (Fsp3) is 0.312. The molecule has 0 aromatic heterocycles. The Balaban J connectivity index is 2.29. The standard InChI is InChI=1S/C16H15F3N2O5/c1-8(22)21-12-5-4-9(6-11(12)16(17,18)19)20-7-10-13(23)25-15(2,3)26-14(10)24/h4-7,20H,1-3H3,(H,21,22). The van der Waals surface area contributed by atoms with E-state index in [0.717, 1.165) is 25.3 Å². The van der Waals surface area contributed by atoms with E-state index in [2.05, 4.69) is 10.6 Å². The van der Waals surface area contributed by atoms with E-state index in [-0.39, 0.29) is 5.69 Å².